The summed E-state index contributed by atoms with van der Waals surface area (Å²) in [5, 5.41) is 22.1. The first-order chi connectivity index (χ1) is 24.7. The van der Waals surface area contributed by atoms with Crippen LogP contribution in [-0.4, -0.2) is 40.5 Å². The highest BCUT2D eigenvalue weighted by Crippen LogP contribution is 2.64. The molecular formula is C41H32N2O8. The first-order valence-corrected chi connectivity index (χ1v) is 16.8. The van der Waals surface area contributed by atoms with Gasteiger partial charge in [0.25, 0.3) is 5.69 Å². The fraction of sp³-hybridized carbons (Fsp3) is 0.220. The molecular weight excluding hydrogens is 648 g/mol. The number of imide groups is 1. The maximum Gasteiger partial charge on any atom is 0.271 e. The maximum absolute atomic E-state index is 15.1. The molecule has 10 heteroatoms. The predicted molar refractivity (Wildman–Crippen MR) is 187 cm³/mol. The molecule has 4 aliphatic rings. The number of allylic oxidation sites excluding steroid dienone is 4. The Morgan fingerprint density at radius 2 is 1.59 bits per heavy atom. The Balaban J connectivity index is 1.36. The van der Waals surface area contributed by atoms with Gasteiger partial charge in [0.1, 0.15) is 11.5 Å². The van der Waals surface area contributed by atoms with Gasteiger partial charge in [0.2, 0.25) is 11.8 Å². The second kappa shape index (κ2) is 12.0. The van der Waals surface area contributed by atoms with Crippen molar-refractivity contribution in [3.8, 4) is 11.5 Å². The number of non-ortho nitro benzene ring substituents is 1. The molecule has 6 atom stereocenters. The molecule has 4 aromatic rings. The number of carbonyl (C=O) groups is 4. The molecule has 8 rings (SSSR count). The van der Waals surface area contributed by atoms with E-state index in [1.165, 1.54) is 49.6 Å². The smallest absolute Gasteiger partial charge is 0.271 e. The fourth-order valence-corrected chi connectivity index (χ4v) is 9.16. The zero-order valence-electron chi connectivity index (χ0n) is 27.5. The molecule has 1 heterocycles. The van der Waals surface area contributed by atoms with Crippen LogP contribution < -0.4 is 9.64 Å². The number of Topliss-reactive ketones (excluding diaryl/α,β-unsaturated/α-hetero) is 1. The largest absolute Gasteiger partial charge is 0.508 e. The van der Waals surface area contributed by atoms with E-state index in [1.54, 1.807) is 30.3 Å². The fourth-order valence-electron chi connectivity index (χ4n) is 9.16. The van der Waals surface area contributed by atoms with Gasteiger partial charge in [-0.05, 0) is 48.1 Å². The lowest BCUT2D eigenvalue weighted by atomic mass is 9.44. The molecule has 2 fully saturated rings. The zero-order valence-corrected chi connectivity index (χ0v) is 27.5. The van der Waals surface area contributed by atoms with Crippen molar-refractivity contribution < 1.29 is 33.9 Å². The summed E-state index contributed by atoms with van der Waals surface area (Å²) in [6, 6.07) is 28.3. The maximum atomic E-state index is 15.1. The number of benzene rings is 4. The van der Waals surface area contributed by atoms with E-state index in [0.717, 1.165) is 10.5 Å². The normalized spacial score (nSPS) is 26.8. The highest BCUT2D eigenvalue weighted by Gasteiger charge is 2.66. The molecule has 0 radical (unpaired) electrons. The molecule has 1 saturated carbocycles. The average Bonchev–Trinajstić information content (AvgIpc) is 3.41. The third-order valence-corrected chi connectivity index (χ3v) is 11.2. The number of hydrogen-bond acceptors (Lipinski definition) is 8. The Labute approximate surface area is 292 Å². The van der Waals surface area contributed by atoms with E-state index in [0.29, 0.717) is 22.4 Å². The molecule has 0 aromatic heterocycles. The number of rotatable bonds is 6. The number of nitro groups is 1. The number of amides is 2. The standard InChI is InChI=1S/C41H32N2O8/c1-51-34-20-27(44)15-16-29(34)37-28-17-18-30-36(40(48)42(39(30)47)25-13-8-14-26(19-25)43(49)50)32(28)21-33-38(46)31(23-9-4-2-5-10-23)22-35(45)41(33,37)24-11-6-3-7-12-24/h2-17,19-20,22,30,32-33,36-37,44H,18,21H2,1H3. The SMILES string of the molecule is COc1cc(O)ccc1C1C2=CCC3C(=O)N(c4cccc([N+](=O)[O-])c4)C(=O)C3C2CC2C(=O)C(c3ccccc3)=CC(=O)C21c1ccccc1. The zero-order chi connectivity index (χ0) is 35.6. The van der Waals surface area contributed by atoms with Crippen LogP contribution in [0.2, 0.25) is 0 Å². The van der Waals surface area contributed by atoms with Crippen molar-refractivity contribution in [3.63, 3.8) is 0 Å². The highest BCUT2D eigenvalue weighted by atomic mass is 16.6. The van der Waals surface area contributed by atoms with Gasteiger partial charge in [-0.1, -0.05) is 84.4 Å². The first kappa shape index (κ1) is 32.1. The summed E-state index contributed by atoms with van der Waals surface area (Å²) in [4.78, 5) is 70.8. The van der Waals surface area contributed by atoms with Crippen molar-refractivity contribution >= 4 is 40.3 Å². The number of fused-ring (bicyclic) bond motifs is 4. The molecule has 1 N–H and O–H groups in total. The quantitative estimate of drug-likeness (QED) is 0.108. The van der Waals surface area contributed by atoms with E-state index in [1.807, 2.05) is 42.5 Å². The Kier molecular flexibility index (Phi) is 7.55. The van der Waals surface area contributed by atoms with Crippen LogP contribution in [0.5, 0.6) is 11.5 Å². The summed E-state index contributed by atoms with van der Waals surface area (Å²) < 4.78 is 5.82. The topological polar surface area (TPSA) is 144 Å². The third-order valence-electron chi connectivity index (χ3n) is 11.2. The van der Waals surface area contributed by atoms with Crippen molar-refractivity contribution in [2.24, 2.45) is 23.7 Å². The van der Waals surface area contributed by atoms with Crippen molar-refractivity contribution in [1.82, 2.24) is 0 Å². The van der Waals surface area contributed by atoms with Crippen LogP contribution in [0, 0.1) is 33.8 Å². The lowest BCUT2D eigenvalue weighted by Gasteiger charge is -2.55. The Morgan fingerprint density at radius 1 is 0.863 bits per heavy atom. The highest BCUT2D eigenvalue weighted by molar-refractivity contribution is 6.32. The number of carbonyl (C=O) groups excluding carboxylic acids is 4. The number of methoxy groups -OCH3 is 1. The monoisotopic (exact) mass is 680 g/mol. The minimum Gasteiger partial charge on any atom is -0.508 e. The summed E-state index contributed by atoms with van der Waals surface area (Å²) in [6.07, 6.45) is 3.67. The molecule has 254 valence electrons. The molecule has 10 nitrogen and oxygen atoms in total. The Hall–Kier alpha value is -6.16. The number of ether oxygens (including phenoxy) is 1. The lowest BCUT2D eigenvalue weighted by Crippen LogP contribution is -2.58. The molecule has 0 spiro atoms. The van der Waals surface area contributed by atoms with Gasteiger partial charge in [-0.15, -0.1) is 0 Å². The van der Waals surface area contributed by atoms with Gasteiger partial charge in [0, 0.05) is 41.2 Å². The summed E-state index contributed by atoms with van der Waals surface area (Å²) in [5.41, 5.74) is 1.21. The number of aromatic hydroxyl groups is 1. The Morgan fingerprint density at radius 3 is 2.29 bits per heavy atom. The molecule has 2 amide bonds. The number of phenolic OH excluding ortho intramolecular Hbond substituents is 1. The number of ketones is 2. The van der Waals surface area contributed by atoms with Gasteiger partial charge in [0.15, 0.2) is 11.6 Å². The molecule has 0 bridgehead atoms. The van der Waals surface area contributed by atoms with Crippen molar-refractivity contribution in [2.45, 2.75) is 24.2 Å². The predicted octanol–water partition coefficient (Wildman–Crippen LogP) is 6.34. The van der Waals surface area contributed by atoms with E-state index in [2.05, 4.69) is 0 Å². The summed E-state index contributed by atoms with van der Waals surface area (Å²) >= 11 is 0. The van der Waals surface area contributed by atoms with Crippen LogP contribution in [0.15, 0.2) is 121 Å². The minimum absolute atomic E-state index is 0.0487. The van der Waals surface area contributed by atoms with Crippen LogP contribution in [0.1, 0.15) is 35.4 Å². The average molecular weight is 681 g/mol. The van der Waals surface area contributed by atoms with Crippen LogP contribution in [-0.2, 0) is 24.6 Å². The van der Waals surface area contributed by atoms with E-state index in [-0.39, 0.29) is 47.1 Å². The molecule has 51 heavy (non-hydrogen) atoms. The van der Waals surface area contributed by atoms with Crippen LogP contribution in [0.4, 0.5) is 11.4 Å². The molecule has 1 saturated heterocycles. The number of hydrogen-bond donors (Lipinski definition) is 1. The van der Waals surface area contributed by atoms with Crippen LogP contribution in [0.3, 0.4) is 0 Å². The number of anilines is 1. The van der Waals surface area contributed by atoms with Crippen molar-refractivity contribution in [2.75, 3.05) is 12.0 Å². The summed E-state index contributed by atoms with van der Waals surface area (Å²) in [7, 11) is 1.47. The molecule has 4 aromatic carbocycles. The Bertz CT molecular complexity index is 2210. The van der Waals surface area contributed by atoms with Crippen molar-refractivity contribution in [3.05, 3.63) is 148 Å². The number of nitro benzene ring substituents is 1. The van der Waals surface area contributed by atoms with E-state index < -0.39 is 51.7 Å². The molecule has 3 aliphatic carbocycles. The molecule has 1 aliphatic heterocycles. The van der Waals surface area contributed by atoms with Gasteiger partial charge in [-0.25, -0.2) is 4.90 Å². The summed E-state index contributed by atoms with van der Waals surface area (Å²) in [6.45, 7) is 0. The van der Waals surface area contributed by atoms with Crippen LogP contribution in [0.25, 0.3) is 5.57 Å². The third kappa shape index (κ3) is 4.70. The second-order valence-corrected chi connectivity index (χ2v) is 13.5. The van der Waals surface area contributed by atoms with Crippen LogP contribution >= 0.6 is 0 Å². The molecule has 6 unspecified atom stereocenters. The van der Waals surface area contributed by atoms with Gasteiger partial charge in [0.05, 0.1) is 35.0 Å². The van der Waals surface area contributed by atoms with Crippen molar-refractivity contribution in [1.29, 1.82) is 0 Å². The minimum atomic E-state index is -1.46. The first-order valence-electron chi connectivity index (χ1n) is 16.8. The van der Waals surface area contributed by atoms with E-state index >= 15 is 9.59 Å². The lowest BCUT2D eigenvalue weighted by molar-refractivity contribution is -0.384. The van der Waals surface area contributed by atoms with Gasteiger partial charge in [-0.3, -0.25) is 29.3 Å². The van der Waals surface area contributed by atoms with Gasteiger partial charge < -0.3 is 9.84 Å². The number of phenols is 1. The van der Waals surface area contributed by atoms with Gasteiger partial charge >= 0.3 is 0 Å². The summed E-state index contributed by atoms with van der Waals surface area (Å²) in [5.74, 6) is -5.29. The number of nitrogens with zero attached hydrogens (tertiary/aromatic N) is 2. The van der Waals surface area contributed by atoms with E-state index in [4.69, 9.17) is 4.74 Å². The van der Waals surface area contributed by atoms with Gasteiger partial charge in [-0.2, -0.15) is 0 Å². The second-order valence-electron chi connectivity index (χ2n) is 13.5. The van der Waals surface area contributed by atoms with E-state index in [9.17, 15) is 24.8 Å².